The maximum Gasteiger partial charge on any atom is 0.244 e. The third-order valence-electron chi connectivity index (χ3n) is 5.28. The second kappa shape index (κ2) is 12.7. The molecule has 1 N–H and O–H groups in total. The zero-order valence-electron chi connectivity index (χ0n) is 19.6. The van der Waals surface area contributed by atoms with E-state index in [-0.39, 0.29) is 18.5 Å². The van der Waals surface area contributed by atoms with E-state index in [9.17, 15) is 4.79 Å². The van der Waals surface area contributed by atoms with Crippen molar-refractivity contribution < 1.29 is 9.53 Å². The van der Waals surface area contributed by atoms with Crippen molar-refractivity contribution in [2.45, 2.75) is 39.8 Å². The number of anilines is 1. The first-order valence-electron chi connectivity index (χ1n) is 10.8. The third-order valence-corrected chi connectivity index (χ3v) is 5.60. The van der Waals surface area contributed by atoms with Gasteiger partial charge < -0.3 is 19.9 Å². The summed E-state index contributed by atoms with van der Waals surface area (Å²) in [4.78, 5) is 17.1. The van der Waals surface area contributed by atoms with Gasteiger partial charge in [-0.05, 0) is 45.2 Å². The molecule has 176 valence electrons. The average molecular weight is 471 g/mol. The molecule has 1 unspecified atom stereocenters. The average Bonchev–Trinajstić information content (AvgIpc) is 3.13. The zero-order valence-corrected chi connectivity index (χ0v) is 20.3. The van der Waals surface area contributed by atoms with Gasteiger partial charge in [0.05, 0.1) is 23.9 Å². The van der Waals surface area contributed by atoms with Gasteiger partial charge in [-0.15, -0.1) is 0 Å². The van der Waals surface area contributed by atoms with Crippen LogP contribution in [0.2, 0.25) is 5.02 Å². The van der Waals surface area contributed by atoms with Crippen molar-refractivity contribution in [3.63, 3.8) is 0 Å². The molecule has 2 aromatic rings. The molecule has 0 radical (unpaired) electrons. The molecule has 1 aromatic heterocycles. The van der Waals surface area contributed by atoms with Crippen molar-refractivity contribution >= 4 is 29.4 Å². The van der Waals surface area contributed by atoms with Crippen LogP contribution in [0.25, 0.3) is 0 Å². The number of nitrogens with zero attached hydrogens (tertiary/aromatic N) is 5. The van der Waals surface area contributed by atoms with E-state index in [0.29, 0.717) is 23.7 Å². The minimum absolute atomic E-state index is 0.0566. The standard InChI is InChI=1S/C22H26ClN5O2.C2H5N/c1-16-12-18(6-4-5-9-24)25-28(16)15-22(29)27-11-10-26(14-17(27)2)19-7-8-20(23)21(13-19)30-3;1-2-3/h4-5,7-8,12-13,17H,6,10-11,14-15H2,1-3H3;2-3H,1H3/b5-4+;. The topological polar surface area (TPSA) is 98.2 Å². The smallest absolute Gasteiger partial charge is 0.244 e. The number of piperazine rings is 1. The van der Waals surface area contributed by atoms with Crippen molar-refractivity contribution in [2.24, 2.45) is 0 Å². The molecule has 8 nitrogen and oxygen atoms in total. The van der Waals surface area contributed by atoms with Crippen molar-refractivity contribution in [1.29, 1.82) is 10.7 Å². The number of benzene rings is 1. The van der Waals surface area contributed by atoms with Crippen molar-refractivity contribution in [3.8, 4) is 11.8 Å². The number of rotatable bonds is 6. The lowest BCUT2D eigenvalue weighted by atomic mass is 10.1. The summed E-state index contributed by atoms with van der Waals surface area (Å²) >= 11 is 6.13. The van der Waals surface area contributed by atoms with Gasteiger partial charge in [-0.2, -0.15) is 10.4 Å². The van der Waals surface area contributed by atoms with Crippen LogP contribution in [0, 0.1) is 23.7 Å². The molecule has 1 saturated heterocycles. The highest BCUT2D eigenvalue weighted by atomic mass is 35.5. The van der Waals surface area contributed by atoms with Crippen LogP contribution in [0.15, 0.2) is 36.4 Å². The van der Waals surface area contributed by atoms with Gasteiger partial charge in [0.25, 0.3) is 0 Å². The number of hydrogen-bond donors (Lipinski definition) is 1. The first-order chi connectivity index (χ1) is 15.8. The summed E-state index contributed by atoms with van der Waals surface area (Å²) in [5, 5.41) is 19.8. The van der Waals surface area contributed by atoms with Crippen LogP contribution in [-0.4, -0.2) is 59.6 Å². The van der Waals surface area contributed by atoms with Gasteiger partial charge in [-0.25, -0.2) is 0 Å². The summed E-state index contributed by atoms with van der Waals surface area (Å²) in [6.07, 6.45) is 5.03. The van der Waals surface area contributed by atoms with Crippen LogP contribution in [0.5, 0.6) is 5.75 Å². The van der Waals surface area contributed by atoms with Gasteiger partial charge in [0.1, 0.15) is 12.3 Å². The number of ether oxygens (including phenoxy) is 1. The second-order valence-electron chi connectivity index (χ2n) is 7.66. The van der Waals surface area contributed by atoms with Gasteiger partial charge in [0, 0.05) is 55.6 Å². The fraction of sp³-hybridized carbons (Fsp3) is 0.417. The fourth-order valence-corrected chi connectivity index (χ4v) is 3.89. The molecule has 9 heteroatoms. The molecule has 1 aliphatic rings. The number of carbonyl (C=O) groups is 1. The largest absolute Gasteiger partial charge is 0.495 e. The molecule has 0 spiro atoms. The van der Waals surface area contributed by atoms with Gasteiger partial charge in [0.15, 0.2) is 0 Å². The summed E-state index contributed by atoms with van der Waals surface area (Å²) in [7, 11) is 1.60. The highest BCUT2D eigenvalue weighted by Gasteiger charge is 2.28. The molecule has 1 aliphatic heterocycles. The molecule has 1 aromatic carbocycles. The molecular weight excluding hydrogens is 440 g/mol. The molecule has 3 rings (SSSR count). The molecule has 1 fully saturated rings. The number of amides is 1. The molecule has 1 amide bonds. The molecule has 0 aliphatic carbocycles. The third kappa shape index (κ3) is 7.09. The molecular formula is C24H31ClN6O2. The van der Waals surface area contributed by atoms with E-state index >= 15 is 0 Å². The van der Waals surface area contributed by atoms with Crippen LogP contribution in [-0.2, 0) is 17.8 Å². The normalized spacial score (nSPS) is 15.6. The summed E-state index contributed by atoms with van der Waals surface area (Å²) in [5.41, 5.74) is 2.82. The van der Waals surface area contributed by atoms with E-state index in [2.05, 4.69) is 16.9 Å². The molecule has 0 saturated carbocycles. The Morgan fingerprint density at radius 3 is 2.76 bits per heavy atom. The van der Waals surface area contributed by atoms with Gasteiger partial charge in [0.2, 0.25) is 5.91 Å². The van der Waals surface area contributed by atoms with Gasteiger partial charge in [-0.1, -0.05) is 17.7 Å². The highest BCUT2D eigenvalue weighted by molar-refractivity contribution is 6.32. The zero-order chi connectivity index (χ0) is 24.4. The van der Waals surface area contributed by atoms with Crippen LogP contribution < -0.4 is 9.64 Å². The fourth-order valence-electron chi connectivity index (χ4n) is 3.70. The van der Waals surface area contributed by atoms with Crippen LogP contribution in [0.3, 0.4) is 0 Å². The Kier molecular flexibility index (Phi) is 9.95. The summed E-state index contributed by atoms with van der Waals surface area (Å²) < 4.78 is 7.06. The Hall–Kier alpha value is -3.31. The Morgan fingerprint density at radius 1 is 1.39 bits per heavy atom. The summed E-state index contributed by atoms with van der Waals surface area (Å²) in [5.74, 6) is 0.705. The van der Waals surface area contributed by atoms with E-state index in [4.69, 9.17) is 27.0 Å². The minimum Gasteiger partial charge on any atom is -0.495 e. The first-order valence-corrected chi connectivity index (χ1v) is 11.1. The SMILES string of the molecule is CC=N.COc1cc(N2CCN(C(=O)Cn3nc(C/C=C/C#N)cc3C)C(C)C2)ccc1Cl. The predicted molar refractivity (Wildman–Crippen MR) is 131 cm³/mol. The Labute approximate surface area is 200 Å². The van der Waals surface area contributed by atoms with E-state index in [1.807, 2.05) is 42.2 Å². The molecule has 2 heterocycles. The number of methoxy groups -OCH3 is 1. The molecule has 1 atom stereocenters. The van der Waals surface area contributed by atoms with Crippen molar-refractivity contribution in [1.82, 2.24) is 14.7 Å². The summed E-state index contributed by atoms with van der Waals surface area (Å²) in [6.45, 7) is 8.00. The predicted octanol–water partition coefficient (Wildman–Crippen LogP) is 3.87. The lowest BCUT2D eigenvalue weighted by Crippen LogP contribution is -2.54. The van der Waals surface area contributed by atoms with E-state index in [0.717, 1.165) is 30.2 Å². The lowest BCUT2D eigenvalue weighted by molar-refractivity contribution is -0.134. The Morgan fingerprint density at radius 2 is 2.12 bits per heavy atom. The number of halogens is 1. The maximum atomic E-state index is 12.9. The Bertz CT molecular complexity index is 1030. The molecule has 0 bridgehead atoms. The van der Waals surface area contributed by atoms with E-state index in [1.165, 1.54) is 12.3 Å². The maximum absolute atomic E-state index is 12.9. The number of nitrogens with one attached hydrogen (secondary N) is 1. The highest BCUT2D eigenvalue weighted by Crippen LogP contribution is 2.30. The van der Waals surface area contributed by atoms with Crippen molar-refractivity contribution in [2.75, 3.05) is 31.6 Å². The van der Waals surface area contributed by atoms with Crippen LogP contribution in [0.4, 0.5) is 5.69 Å². The Balaban J connectivity index is 0.00000122. The number of aromatic nitrogens is 2. The quantitative estimate of drug-likeness (QED) is 0.510. The number of nitriles is 1. The minimum atomic E-state index is 0.0566. The monoisotopic (exact) mass is 470 g/mol. The number of hydrogen-bond acceptors (Lipinski definition) is 6. The lowest BCUT2D eigenvalue weighted by Gasteiger charge is -2.41. The first kappa shape index (κ1) is 25.9. The molecule has 33 heavy (non-hydrogen) atoms. The number of allylic oxidation sites excluding steroid dienone is 2. The van der Waals surface area contributed by atoms with Crippen LogP contribution in [0.1, 0.15) is 25.2 Å². The van der Waals surface area contributed by atoms with E-state index < -0.39 is 0 Å². The number of aryl methyl sites for hydroxylation is 1. The summed E-state index contributed by atoms with van der Waals surface area (Å²) in [6, 6.07) is 9.73. The van der Waals surface area contributed by atoms with Gasteiger partial charge in [-0.3, -0.25) is 9.48 Å². The second-order valence-corrected chi connectivity index (χ2v) is 8.07. The van der Waals surface area contributed by atoms with Crippen LogP contribution >= 0.6 is 11.6 Å². The van der Waals surface area contributed by atoms with E-state index in [1.54, 1.807) is 24.8 Å². The van der Waals surface area contributed by atoms with Crippen molar-refractivity contribution in [3.05, 3.63) is 52.8 Å². The number of carbonyl (C=O) groups excluding carboxylic acids is 1. The van der Waals surface area contributed by atoms with Gasteiger partial charge >= 0.3 is 0 Å².